The van der Waals surface area contributed by atoms with Crippen LogP contribution >= 0.6 is 0 Å². The highest BCUT2D eigenvalue weighted by molar-refractivity contribution is 5.28. The van der Waals surface area contributed by atoms with Crippen LogP contribution in [0.1, 0.15) is 22.9 Å². The number of aromatic nitrogens is 1. The molecule has 0 saturated carbocycles. The first-order valence-corrected chi connectivity index (χ1v) is 5.82. The van der Waals surface area contributed by atoms with E-state index in [4.69, 9.17) is 13.9 Å². The smallest absolute Gasteiger partial charge is 0.232 e. The molecule has 0 aliphatic rings. The van der Waals surface area contributed by atoms with Crippen LogP contribution in [0.2, 0.25) is 0 Å². The van der Waals surface area contributed by atoms with Crippen molar-refractivity contribution in [3.63, 3.8) is 0 Å². The van der Waals surface area contributed by atoms with Gasteiger partial charge in [-0.2, -0.15) is 0 Å². The van der Waals surface area contributed by atoms with E-state index >= 15 is 0 Å². The van der Waals surface area contributed by atoms with Crippen molar-refractivity contribution in [2.45, 2.75) is 27.1 Å². The van der Waals surface area contributed by atoms with E-state index in [1.54, 1.807) is 7.11 Å². The molecule has 0 fully saturated rings. The second-order valence-electron chi connectivity index (χ2n) is 4.12. The molecule has 0 unspecified atom stereocenters. The summed E-state index contributed by atoms with van der Waals surface area (Å²) >= 11 is 0. The van der Waals surface area contributed by atoms with Gasteiger partial charge < -0.3 is 13.9 Å². The predicted octanol–water partition coefficient (Wildman–Crippen LogP) is 3.02. The van der Waals surface area contributed by atoms with E-state index in [0.29, 0.717) is 19.1 Å². The fraction of sp³-hybridized carbons (Fsp3) is 0.357. The van der Waals surface area contributed by atoms with E-state index in [-0.39, 0.29) is 0 Å². The summed E-state index contributed by atoms with van der Waals surface area (Å²) in [6.45, 7) is 4.73. The van der Waals surface area contributed by atoms with Crippen molar-refractivity contribution in [2.75, 3.05) is 7.11 Å². The van der Waals surface area contributed by atoms with Gasteiger partial charge in [0.1, 0.15) is 11.5 Å². The molecule has 0 radical (unpaired) electrons. The summed E-state index contributed by atoms with van der Waals surface area (Å²) in [6, 6.07) is 7.79. The van der Waals surface area contributed by atoms with Crippen LogP contribution in [0, 0.1) is 13.8 Å². The zero-order valence-corrected chi connectivity index (χ0v) is 10.9. The number of nitrogens with zero attached hydrogens (tertiary/aromatic N) is 1. The van der Waals surface area contributed by atoms with Crippen molar-refractivity contribution in [3.8, 4) is 5.75 Å². The zero-order valence-electron chi connectivity index (χ0n) is 10.9. The van der Waals surface area contributed by atoms with Crippen LogP contribution in [0.5, 0.6) is 5.75 Å². The Morgan fingerprint density at radius 1 is 1.22 bits per heavy atom. The number of methoxy groups -OCH3 is 1. The Bertz CT molecular complexity index is 500. The van der Waals surface area contributed by atoms with Gasteiger partial charge in [-0.05, 0) is 31.5 Å². The van der Waals surface area contributed by atoms with Gasteiger partial charge in [0.2, 0.25) is 5.89 Å². The van der Waals surface area contributed by atoms with Gasteiger partial charge in [-0.25, -0.2) is 4.98 Å². The molecule has 1 heterocycles. The van der Waals surface area contributed by atoms with E-state index < -0.39 is 0 Å². The van der Waals surface area contributed by atoms with Crippen LogP contribution in [-0.2, 0) is 18.0 Å². The minimum atomic E-state index is 0.338. The average molecular weight is 247 g/mol. The van der Waals surface area contributed by atoms with Gasteiger partial charge in [-0.1, -0.05) is 12.1 Å². The topological polar surface area (TPSA) is 44.5 Å². The van der Waals surface area contributed by atoms with Crippen LogP contribution in [0.4, 0.5) is 0 Å². The van der Waals surface area contributed by atoms with Crippen LogP contribution < -0.4 is 4.74 Å². The molecule has 2 rings (SSSR count). The first kappa shape index (κ1) is 12.6. The Hall–Kier alpha value is -1.81. The van der Waals surface area contributed by atoms with Gasteiger partial charge in [0.15, 0.2) is 6.61 Å². The second kappa shape index (κ2) is 5.69. The van der Waals surface area contributed by atoms with E-state index in [0.717, 1.165) is 22.8 Å². The molecule has 1 aromatic carbocycles. The molecule has 4 nitrogen and oxygen atoms in total. The molecule has 0 saturated heterocycles. The van der Waals surface area contributed by atoms with Gasteiger partial charge in [-0.3, -0.25) is 0 Å². The molecule has 1 aromatic heterocycles. The fourth-order valence-electron chi connectivity index (χ4n) is 1.64. The Labute approximate surface area is 107 Å². The number of hydrogen-bond donors (Lipinski definition) is 0. The highest BCUT2D eigenvalue weighted by Gasteiger charge is 2.06. The van der Waals surface area contributed by atoms with Crippen molar-refractivity contribution in [2.24, 2.45) is 0 Å². The maximum Gasteiger partial charge on any atom is 0.232 e. The lowest BCUT2D eigenvalue weighted by molar-refractivity contribution is 0.184. The molecule has 2 aromatic rings. The maximum atomic E-state index is 5.64. The van der Waals surface area contributed by atoms with Crippen LogP contribution in [-0.4, -0.2) is 12.1 Å². The Morgan fingerprint density at radius 3 is 2.72 bits per heavy atom. The SMILES string of the molecule is COCc1cccc(OCc2nc(C)c(C)o2)c1. The third-order valence-corrected chi connectivity index (χ3v) is 2.64. The monoisotopic (exact) mass is 247 g/mol. The van der Waals surface area contributed by atoms with Gasteiger partial charge in [0.25, 0.3) is 0 Å². The van der Waals surface area contributed by atoms with Crippen molar-refractivity contribution in [1.29, 1.82) is 0 Å². The normalized spacial score (nSPS) is 10.6. The quantitative estimate of drug-likeness (QED) is 0.814. The number of rotatable bonds is 5. The molecule has 0 amide bonds. The molecule has 18 heavy (non-hydrogen) atoms. The van der Waals surface area contributed by atoms with E-state index in [1.807, 2.05) is 38.1 Å². The molecular weight excluding hydrogens is 230 g/mol. The third kappa shape index (κ3) is 3.11. The summed E-state index contributed by atoms with van der Waals surface area (Å²) in [4.78, 5) is 4.27. The Balaban J connectivity index is 1.99. The zero-order chi connectivity index (χ0) is 13.0. The van der Waals surface area contributed by atoms with Crippen molar-refractivity contribution >= 4 is 0 Å². The average Bonchev–Trinajstić information content (AvgIpc) is 2.67. The molecule has 96 valence electrons. The second-order valence-corrected chi connectivity index (χ2v) is 4.12. The summed E-state index contributed by atoms with van der Waals surface area (Å²) < 4.78 is 16.2. The Morgan fingerprint density at radius 2 is 2.06 bits per heavy atom. The van der Waals surface area contributed by atoms with Crippen molar-refractivity contribution in [1.82, 2.24) is 4.98 Å². The third-order valence-electron chi connectivity index (χ3n) is 2.64. The van der Waals surface area contributed by atoms with E-state index in [2.05, 4.69) is 4.98 Å². The van der Waals surface area contributed by atoms with E-state index in [9.17, 15) is 0 Å². The Kier molecular flexibility index (Phi) is 3.99. The number of ether oxygens (including phenoxy) is 2. The lowest BCUT2D eigenvalue weighted by atomic mass is 10.2. The lowest BCUT2D eigenvalue weighted by Gasteiger charge is -2.05. The van der Waals surface area contributed by atoms with Gasteiger partial charge in [-0.15, -0.1) is 0 Å². The van der Waals surface area contributed by atoms with Gasteiger partial charge in [0, 0.05) is 7.11 Å². The van der Waals surface area contributed by atoms with Gasteiger partial charge >= 0.3 is 0 Å². The lowest BCUT2D eigenvalue weighted by Crippen LogP contribution is -1.96. The van der Waals surface area contributed by atoms with Crippen LogP contribution in [0.25, 0.3) is 0 Å². The first-order valence-electron chi connectivity index (χ1n) is 5.82. The summed E-state index contributed by atoms with van der Waals surface area (Å²) in [5.41, 5.74) is 1.98. The number of hydrogen-bond acceptors (Lipinski definition) is 4. The van der Waals surface area contributed by atoms with Crippen LogP contribution in [0.15, 0.2) is 28.7 Å². The molecule has 0 bridgehead atoms. The number of oxazole rings is 1. The standard InChI is InChI=1S/C14H17NO3/c1-10-11(2)18-14(15-10)9-17-13-6-4-5-12(7-13)8-16-3/h4-7H,8-9H2,1-3H3. The molecule has 0 aliphatic heterocycles. The molecule has 0 atom stereocenters. The maximum absolute atomic E-state index is 5.64. The van der Waals surface area contributed by atoms with Crippen molar-refractivity contribution < 1.29 is 13.9 Å². The van der Waals surface area contributed by atoms with Crippen LogP contribution in [0.3, 0.4) is 0 Å². The van der Waals surface area contributed by atoms with Crippen molar-refractivity contribution in [3.05, 3.63) is 47.2 Å². The summed E-state index contributed by atoms with van der Waals surface area (Å²) in [7, 11) is 1.67. The number of benzene rings is 1. The number of aryl methyl sites for hydroxylation is 2. The minimum Gasteiger partial charge on any atom is -0.484 e. The highest BCUT2D eigenvalue weighted by Crippen LogP contribution is 2.16. The molecular formula is C14H17NO3. The summed E-state index contributed by atoms with van der Waals surface area (Å²) in [5.74, 6) is 2.22. The molecule has 0 spiro atoms. The molecule has 0 N–H and O–H groups in total. The summed E-state index contributed by atoms with van der Waals surface area (Å²) in [5, 5.41) is 0. The first-order chi connectivity index (χ1) is 8.69. The highest BCUT2D eigenvalue weighted by atomic mass is 16.5. The molecule has 4 heteroatoms. The fourth-order valence-corrected chi connectivity index (χ4v) is 1.64. The molecule has 0 aliphatic carbocycles. The predicted molar refractivity (Wildman–Crippen MR) is 67.5 cm³/mol. The van der Waals surface area contributed by atoms with E-state index in [1.165, 1.54) is 0 Å². The van der Waals surface area contributed by atoms with Gasteiger partial charge in [0.05, 0.1) is 12.3 Å². The largest absolute Gasteiger partial charge is 0.484 e. The summed E-state index contributed by atoms with van der Waals surface area (Å²) in [6.07, 6.45) is 0. The minimum absolute atomic E-state index is 0.338.